The molecule has 0 aliphatic heterocycles. The van der Waals surface area contributed by atoms with Crippen LogP contribution in [0.15, 0.2) is 16.5 Å². The second-order valence-corrected chi connectivity index (χ2v) is 4.96. The van der Waals surface area contributed by atoms with Crippen molar-refractivity contribution in [3.63, 3.8) is 0 Å². The second kappa shape index (κ2) is 5.02. The number of hydrogen-bond acceptors (Lipinski definition) is 3. The van der Waals surface area contributed by atoms with Crippen LogP contribution in [0.2, 0.25) is 0 Å². The summed E-state index contributed by atoms with van der Waals surface area (Å²) in [5.74, 6) is 3.60. The van der Waals surface area contributed by atoms with Crippen LogP contribution in [0.4, 0.5) is 0 Å². The lowest BCUT2D eigenvalue weighted by Gasteiger charge is -2.18. The lowest BCUT2D eigenvalue weighted by molar-refractivity contribution is 0.370. The Morgan fingerprint density at radius 1 is 1.50 bits per heavy atom. The monoisotopic (exact) mass is 222 g/mol. The van der Waals surface area contributed by atoms with Crippen LogP contribution in [-0.4, -0.2) is 13.1 Å². The van der Waals surface area contributed by atoms with E-state index in [1.807, 2.05) is 19.1 Å². The Kier molecular flexibility index (Phi) is 3.66. The molecule has 1 aromatic heterocycles. The van der Waals surface area contributed by atoms with Gasteiger partial charge in [-0.25, -0.2) is 0 Å². The van der Waals surface area contributed by atoms with Gasteiger partial charge in [0.05, 0.1) is 6.04 Å². The maximum absolute atomic E-state index is 5.77. The van der Waals surface area contributed by atoms with Crippen LogP contribution in [0.3, 0.4) is 0 Å². The van der Waals surface area contributed by atoms with E-state index in [-0.39, 0.29) is 6.04 Å². The predicted octanol–water partition coefficient (Wildman–Crippen LogP) is 2.22. The highest BCUT2D eigenvalue weighted by Crippen LogP contribution is 2.36. The van der Waals surface area contributed by atoms with Crippen molar-refractivity contribution in [2.45, 2.75) is 32.7 Å². The molecule has 1 aromatic rings. The first-order valence-electron chi connectivity index (χ1n) is 6.20. The van der Waals surface area contributed by atoms with E-state index in [1.54, 1.807) is 0 Å². The van der Waals surface area contributed by atoms with Crippen LogP contribution in [0.1, 0.15) is 37.3 Å². The van der Waals surface area contributed by atoms with Crippen LogP contribution < -0.4 is 11.1 Å². The van der Waals surface area contributed by atoms with Crippen LogP contribution in [0.5, 0.6) is 0 Å². The van der Waals surface area contributed by atoms with Crippen molar-refractivity contribution < 1.29 is 4.42 Å². The summed E-state index contributed by atoms with van der Waals surface area (Å²) in [6.45, 7) is 5.89. The first kappa shape index (κ1) is 11.7. The van der Waals surface area contributed by atoms with Gasteiger partial charge in [-0.3, -0.25) is 0 Å². The average Bonchev–Trinajstić information content (AvgIpc) is 3.03. The van der Waals surface area contributed by atoms with Crippen LogP contribution in [0, 0.1) is 18.8 Å². The second-order valence-electron chi connectivity index (χ2n) is 4.96. The zero-order chi connectivity index (χ0) is 11.5. The SMILES string of the molecule is Cc1ccc(C(CN)NCC(C)C2CC2)o1. The van der Waals surface area contributed by atoms with E-state index in [4.69, 9.17) is 10.2 Å². The Bertz CT molecular complexity index is 330. The third-order valence-corrected chi connectivity index (χ3v) is 3.45. The molecule has 3 nitrogen and oxygen atoms in total. The van der Waals surface area contributed by atoms with E-state index < -0.39 is 0 Å². The van der Waals surface area contributed by atoms with Gasteiger partial charge >= 0.3 is 0 Å². The third-order valence-electron chi connectivity index (χ3n) is 3.45. The van der Waals surface area contributed by atoms with Gasteiger partial charge in [-0.2, -0.15) is 0 Å². The van der Waals surface area contributed by atoms with Crippen molar-refractivity contribution in [2.24, 2.45) is 17.6 Å². The molecular formula is C13H22N2O. The summed E-state index contributed by atoms with van der Waals surface area (Å²) in [6, 6.07) is 4.17. The lowest BCUT2D eigenvalue weighted by Crippen LogP contribution is -2.31. The van der Waals surface area contributed by atoms with Gasteiger partial charge in [0.25, 0.3) is 0 Å². The van der Waals surface area contributed by atoms with E-state index in [9.17, 15) is 0 Å². The number of nitrogens with one attached hydrogen (secondary N) is 1. The molecule has 1 heterocycles. The van der Waals surface area contributed by atoms with E-state index in [0.717, 1.165) is 29.9 Å². The molecule has 2 atom stereocenters. The van der Waals surface area contributed by atoms with Gasteiger partial charge in [-0.05, 0) is 50.3 Å². The first-order valence-corrected chi connectivity index (χ1v) is 6.20. The Balaban J connectivity index is 1.85. The average molecular weight is 222 g/mol. The van der Waals surface area contributed by atoms with Crippen molar-refractivity contribution in [2.75, 3.05) is 13.1 Å². The standard InChI is InChI=1S/C13H22N2O/c1-9(11-4-5-11)8-15-12(7-14)13-6-3-10(2)16-13/h3,6,9,11-12,15H,4-5,7-8,14H2,1-2H3. The molecular weight excluding hydrogens is 200 g/mol. The van der Waals surface area contributed by atoms with E-state index >= 15 is 0 Å². The van der Waals surface area contributed by atoms with Crippen molar-refractivity contribution in [3.8, 4) is 0 Å². The van der Waals surface area contributed by atoms with E-state index in [1.165, 1.54) is 12.8 Å². The van der Waals surface area contributed by atoms with Crippen LogP contribution in [0.25, 0.3) is 0 Å². The number of hydrogen-bond donors (Lipinski definition) is 2. The van der Waals surface area contributed by atoms with Crippen molar-refractivity contribution in [1.82, 2.24) is 5.32 Å². The molecule has 0 bridgehead atoms. The Labute approximate surface area is 97.4 Å². The fourth-order valence-electron chi connectivity index (χ4n) is 2.10. The molecule has 2 unspecified atom stereocenters. The molecule has 0 aromatic carbocycles. The number of aryl methyl sites for hydroxylation is 1. The van der Waals surface area contributed by atoms with E-state index in [2.05, 4.69) is 12.2 Å². The Morgan fingerprint density at radius 3 is 2.75 bits per heavy atom. The van der Waals surface area contributed by atoms with E-state index in [0.29, 0.717) is 6.54 Å². The molecule has 1 aliphatic rings. The minimum atomic E-state index is 0.162. The highest BCUT2D eigenvalue weighted by atomic mass is 16.3. The fraction of sp³-hybridized carbons (Fsp3) is 0.692. The van der Waals surface area contributed by atoms with Gasteiger partial charge in [-0.15, -0.1) is 0 Å². The summed E-state index contributed by atoms with van der Waals surface area (Å²) >= 11 is 0. The Morgan fingerprint density at radius 2 is 2.25 bits per heavy atom. The van der Waals surface area contributed by atoms with Crippen LogP contribution in [-0.2, 0) is 0 Å². The lowest BCUT2D eigenvalue weighted by atomic mass is 10.1. The molecule has 2 rings (SSSR count). The molecule has 3 heteroatoms. The normalized spacial score (nSPS) is 19.7. The molecule has 0 spiro atoms. The quantitative estimate of drug-likeness (QED) is 0.776. The highest BCUT2D eigenvalue weighted by Gasteiger charge is 2.28. The number of rotatable bonds is 6. The van der Waals surface area contributed by atoms with Gasteiger partial charge in [0.2, 0.25) is 0 Å². The molecule has 0 saturated heterocycles. The molecule has 3 N–H and O–H groups in total. The molecule has 16 heavy (non-hydrogen) atoms. The van der Waals surface area contributed by atoms with Gasteiger partial charge in [0, 0.05) is 6.54 Å². The third kappa shape index (κ3) is 2.86. The Hall–Kier alpha value is -0.800. The molecule has 1 saturated carbocycles. The van der Waals surface area contributed by atoms with Gasteiger partial charge < -0.3 is 15.5 Å². The van der Waals surface area contributed by atoms with Crippen molar-refractivity contribution in [3.05, 3.63) is 23.7 Å². The summed E-state index contributed by atoms with van der Waals surface area (Å²) in [4.78, 5) is 0. The maximum atomic E-state index is 5.77. The van der Waals surface area contributed by atoms with Crippen molar-refractivity contribution >= 4 is 0 Å². The number of furan rings is 1. The topological polar surface area (TPSA) is 51.2 Å². The first-order chi connectivity index (χ1) is 7.70. The smallest absolute Gasteiger partial charge is 0.122 e. The summed E-state index contributed by atoms with van der Waals surface area (Å²) in [5, 5.41) is 3.50. The zero-order valence-electron chi connectivity index (χ0n) is 10.2. The molecule has 1 aliphatic carbocycles. The minimum Gasteiger partial charge on any atom is -0.465 e. The summed E-state index contributed by atoms with van der Waals surface area (Å²) < 4.78 is 5.60. The predicted molar refractivity (Wildman–Crippen MR) is 65.1 cm³/mol. The minimum absolute atomic E-state index is 0.162. The maximum Gasteiger partial charge on any atom is 0.122 e. The fourth-order valence-corrected chi connectivity index (χ4v) is 2.10. The highest BCUT2D eigenvalue weighted by molar-refractivity contribution is 5.10. The summed E-state index contributed by atoms with van der Waals surface area (Å²) in [7, 11) is 0. The van der Waals surface area contributed by atoms with Gasteiger partial charge in [0.15, 0.2) is 0 Å². The molecule has 90 valence electrons. The zero-order valence-corrected chi connectivity index (χ0v) is 10.2. The van der Waals surface area contributed by atoms with Crippen LogP contribution >= 0.6 is 0 Å². The molecule has 1 fully saturated rings. The summed E-state index contributed by atoms with van der Waals surface area (Å²) in [6.07, 6.45) is 2.80. The number of nitrogens with two attached hydrogens (primary N) is 1. The summed E-state index contributed by atoms with van der Waals surface area (Å²) in [5.41, 5.74) is 5.77. The largest absolute Gasteiger partial charge is 0.465 e. The molecule has 0 radical (unpaired) electrons. The van der Waals surface area contributed by atoms with Crippen molar-refractivity contribution in [1.29, 1.82) is 0 Å². The van der Waals surface area contributed by atoms with Gasteiger partial charge in [0.1, 0.15) is 11.5 Å². The van der Waals surface area contributed by atoms with Gasteiger partial charge in [-0.1, -0.05) is 6.92 Å². The molecule has 0 amide bonds.